The maximum atomic E-state index is 11.4. The van der Waals surface area contributed by atoms with Gasteiger partial charge in [0.25, 0.3) is 0 Å². The number of aromatic nitrogens is 3. The molecule has 1 aromatic heterocycles. The summed E-state index contributed by atoms with van der Waals surface area (Å²) in [5.41, 5.74) is -1.97. The van der Waals surface area contributed by atoms with Gasteiger partial charge in [0.2, 0.25) is 0 Å². The minimum absolute atomic E-state index is 0.297. The highest BCUT2D eigenvalue weighted by Gasteiger charge is 2.15. The summed E-state index contributed by atoms with van der Waals surface area (Å²) in [6.45, 7) is 5.95. The lowest BCUT2D eigenvalue weighted by molar-refractivity contribution is 0.0526. The fourth-order valence-corrected chi connectivity index (χ4v) is 1.30. The van der Waals surface area contributed by atoms with Crippen molar-refractivity contribution in [2.24, 2.45) is 0 Å². The van der Waals surface area contributed by atoms with Crippen LogP contribution in [-0.2, 0) is 11.3 Å². The molecule has 0 unspecified atom stereocenters. The molecule has 1 aromatic rings. The number of H-pyrrole nitrogens is 1. The molecule has 0 aliphatic heterocycles. The van der Waals surface area contributed by atoms with Gasteiger partial charge in [0.15, 0.2) is 0 Å². The first-order valence-corrected chi connectivity index (χ1v) is 5.90. The summed E-state index contributed by atoms with van der Waals surface area (Å²) in [5.74, 6) is 0. The highest BCUT2D eigenvalue weighted by atomic mass is 16.6. The first kappa shape index (κ1) is 14.9. The Balaban J connectivity index is 2.36. The molecule has 0 radical (unpaired) electrons. The highest BCUT2D eigenvalue weighted by Crippen LogP contribution is 2.06. The van der Waals surface area contributed by atoms with Gasteiger partial charge in [0.1, 0.15) is 11.9 Å². The summed E-state index contributed by atoms with van der Waals surface area (Å²) in [6, 6.07) is 0. The van der Waals surface area contributed by atoms with Crippen molar-refractivity contribution in [2.45, 2.75) is 39.3 Å². The topological polar surface area (TPSA) is 106 Å². The van der Waals surface area contributed by atoms with Crippen LogP contribution < -0.4 is 16.4 Å². The van der Waals surface area contributed by atoms with E-state index in [1.54, 1.807) is 20.8 Å². The Kier molecular flexibility index (Phi) is 4.85. The van der Waals surface area contributed by atoms with E-state index in [-0.39, 0.29) is 0 Å². The number of rotatable bonds is 4. The number of hydrogen-bond donors (Lipinski definition) is 2. The Hall–Kier alpha value is -2.12. The Bertz CT molecular complexity index is 541. The molecule has 0 bridgehead atoms. The molecule has 0 aliphatic carbocycles. The minimum atomic E-state index is -0.761. The molecule has 0 saturated carbocycles. The summed E-state index contributed by atoms with van der Waals surface area (Å²) in [4.78, 5) is 33.7. The second kappa shape index (κ2) is 6.17. The quantitative estimate of drug-likeness (QED) is 0.584. The highest BCUT2D eigenvalue weighted by molar-refractivity contribution is 5.67. The first-order chi connectivity index (χ1) is 8.79. The smallest absolute Gasteiger partial charge is 0.407 e. The monoisotopic (exact) mass is 270 g/mol. The Morgan fingerprint density at radius 2 is 2.16 bits per heavy atom. The lowest BCUT2D eigenvalue weighted by Crippen LogP contribution is -2.37. The third-order valence-corrected chi connectivity index (χ3v) is 2.06. The van der Waals surface area contributed by atoms with Crippen LogP contribution in [-0.4, -0.2) is 33.0 Å². The fourth-order valence-electron chi connectivity index (χ4n) is 1.30. The van der Waals surface area contributed by atoms with Crippen molar-refractivity contribution >= 4 is 6.09 Å². The summed E-state index contributed by atoms with van der Waals surface area (Å²) in [6.07, 6.45) is 1.23. The molecule has 0 aromatic carbocycles. The van der Waals surface area contributed by atoms with Crippen molar-refractivity contribution in [1.29, 1.82) is 0 Å². The van der Waals surface area contributed by atoms with Gasteiger partial charge in [-0.3, -0.25) is 14.2 Å². The molecule has 0 fully saturated rings. The molecular weight excluding hydrogens is 252 g/mol. The standard InChI is InChI=1S/C11H18N4O4/c1-11(2,3)19-10(18)12-5-4-6-15-7-13-14-8(16)9(15)17/h7H,4-6H2,1-3H3,(H,12,18)(H,14,16). The van der Waals surface area contributed by atoms with E-state index in [9.17, 15) is 14.4 Å². The molecule has 19 heavy (non-hydrogen) atoms. The molecule has 2 N–H and O–H groups in total. The first-order valence-electron chi connectivity index (χ1n) is 5.90. The Morgan fingerprint density at radius 1 is 1.47 bits per heavy atom. The number of ether oxygens (including phenoxy) is 1. The summed E-state index contributed by atoms with van der Waals surface area (Å²) in [7, 11) is 0. The van der Waals surface area contributed by atoms with E-state index in [1.165, 1.54) is 10.9 Å². The molecule has 1 rings (SSSR count). The Morgan fingerprint density at radius 3 is 2.79 bits per heavy atom. The van der Waals surface area contributed by atoms with Crippen molar-refractivity contribution in [2.75, 3.05) is 6.54 Å². The number of carbonyl (C=O) groups is 1. The maximum Gasteiger partial charge on any atom is 0.407 e. The van der Waals surface area contributed by atoms with Crippen LogP contribution in [0.4, 0.5) is 4.79 Å². The SMILES string of the molecule is CC(C)(C)OC(=O)NCCCn1cn[nH]c(=O)c1=O. The van der Waals surface area contributed by atoms with E-state index in [4.69, 9.17) is 4.74 Å². The van der Waals surface area contributed by atoms with Gasteiger partial charge < -0.3 is 10.1 Å². The van der Waals surface area contributed by atoms with Gasteiger partial charge >= 0.3 is 17.2 Å². The molecule has 0 aliphatic rings. The number of hydrogen-bond acceptors (Lipinski definition) is 5. The van der Waals surface area contributed by atoms with Gasteiger partial charge in [-0.15, -0.1) is 0 Å². The van der Waals surface area contributed by atoms with Crippen LogP contribution in [0.5, 0.6) is 0 Å². The number of carbonyl (C=O) groups excluding carboxylic acids is 1. The largest absolute Gasteiger partial charge is 0.444 e. The Labute approximate surface area is 109 Å². The number of nitrogens with one attached hydrogen (secondary N) is 2. The van der Waals surface area contributed by atoms with Crippen molar-refractivity contribution in [3.05, 3.63) is 27.0 Å². The predicted octanol–water partition coefficient (Wildman–Crippen LogP) is -0.154. The van der Waals surface area contributed by atoms with Crippen molar-refractivity contribution in [1.82, 2.24) is 20.1 Å². The third-order valence-electron chi connectivity index (χ3n) is 2.06. The molecule has 1 amide bonds. The van der Waals surface area contributed by atoms with Crippen LogP contribution >= 0.6 is 0 Å². The summed E-state index contributed by atoms with van der Waals surface area (Å²) < 4.78 is 6.24. The van der Waals surface area contributed by atoms with E-state index in [2.05, 4.69) is 10.4 Å². The molecule has 106 valence electrons. The number of amides is 1. The fraction of sp³-hybridized carbons (Fsp3) is 0.636. The third kappa shape index (κ3) is 5.36. The number of alkyl carbamates (subject to hydrolysis) is 1. The number of nitrogens with zero attached hydrogens (tertiary/aromatic N) is 2. The zero-order valence-electron chi connectivity index (χ0n) is 11.2. The van der Waals surface area contributed by atoms with E-state index in [0.717, 1.165) is 0 Å². The van der Waals surface area contributed by atoms with Crippen LogP contribution in [0.25, 0.3) is 0 Å². The lowest BCUT2D eigenvalue weighted by atomic mass is 10.2. The molecule has 0 saturated heterocycles. The van der Waals surface area contributed by atoms with Gasteiger partial charge in [-0.25, -0.2) is 9.89 Å². The lowest BCUT2D eigenvalue weighted by Gasteiger charge is -2.19. The van der Waals surface area contributed by atoms with Crippen LogP contribution in [0.2, 0.25) is 0 Å². The maximum absolute atomic E-state index is 11.4. The molecule has 8 nitrogen and oxygen atoms in total. The predicted molar refractivity (Wildman–Crippen MR) is 68.0 cm³/mol. The summed E-state index contributed by atoms with van der Waals surface area (Å²) >= 11 is 0. The van der Waals surface area contributed by atoms with Crippen LogP contribution in [0, 0.1) is 0 Å². The normalized spacial score (nSPS) is 11.1. The zero-order chi connectivity index (χ0) is 14.5. The number of aryl methyl sites for hydroxylation is 1. The van der Waals surface area contributed by atoms with Crippen molar-refractivity contribution < 1.29 is 9.53 Å². The van der Waals surface area contributed by atoms with Gasteiger partial charge in [-0.2, -0.15) is 5.10 Å². The average Bonchev–Trinajstić information content (AvgIpc) is 2.27. The molecule has 0 spiro atoms. The van der Waals surface area contributed by atoms with Crippen LogP contribution in [0.1, 0.15) is 27.2 Å². The van der Waals surface area contributed by atoms with E-state index < -0.39 is 22.8 Å². The van der Waals surface area contributed by atoms with Gasteiger partial charge in [-0.1, -0.05) is 0 Å². The van der Waals surface area contributed by atoms with E-state index in [0.29, 0.717) is 19.5 Å². The van der Waals surface area contributed by atoms with Gasteiger partial charge in [0, 0.05) is 13.1 Å². The van der Waals surface area contributed by atoms with Gasteiger partial charge in [-0.05, 0) is 27.2 Å². The van der Waals surface area contributed by atoms with Gasteiger partial charge in [0.05, 0.1) is 0 Å². The second-order valence-corrected chi connectivity index (χ2v) is 4.97. The second-order valence-electron chi connectivity index (χ2n) is 4.97. The molecule has 1 heterocycles. The van der Waals surface area contributed by atoms with Crippen molar-refractivity contribution in [3.63, 3.8) is 0 Å². The number of aromatic amines is 1. The molecule has 0 atom stereocenters. The van der Waals surface area contributed by atoms with E-state index >= 15 is 0 Å². The molecule has 8 heteroatoms. The summed E-state index contributed by atoms with van der Waals surface area (Å²) in [5, 5.41) is 8.13. The van der Waals surface area contributed by atoms with Crippen LogP contribution in [0.3, 0.4) is 0 Å². The zero-order valence-corrected chi connectivity index (χ0v) is 11.2. The van der Waals surface area contributed by atoms with E-state index in [1.807, 2.05) is 5.10 Å². The average molecular weight is 270 g/mol. The van der Waals surface area contributed by atoms with Crippen molar-refractivity contribution in [3.8, 4) is 0 Å². The van der Waals surface area contributed by atoms with Crippen LogP contribution in [0.15, 0.2) is 15.9 Å². The minimum Gasteiger partial charge on any atom is -0.444 e. The molecular formula is C11H18N4O4.